The Hall–Kier alpha value is -1.84. The molecule has 2 aromatic rings. The smallest absolute Gasteiger partial charge is 0.132 e. The normalized spacial score (nSPS) is 11.3. The summed E-state index contributed by atoms with van der Waals surface area (Å²) in [5.74, 6) is 0.802. The Morgan fingerprint density at radius 1 is 1.37 bits per heavy atom. The molecule has 19 heavy (non-hydrogen) atoms. The van der Waals surface area contributed by atoms with Gasteiger partial charge in [-0.25, -0.2) is 4.39 Å². The number of aromatic nitrogens is 2. The van der Waals surface area contributed by atoms with E-state index < -0.39 is 0 Å². The molecule has 0 spiro atoms. The van der Waals surface area contributed by atoms with Crippen molar-refractivity contribution < 1.29 is 4.39 Å². The maximum Gasteiger partial charge on any atom is 0.132 e. The predicted molar refractivity (Wildman–Crippen MR) is 76.3 cm³/mol. The lowest BCUT2D eigenvalue weighted by atomic mass is 9.98. The number of hydrogen-bond donors (Lipinski definition) is 1. The number of aryl methyl sites for hydroxylation is 2. The van der Waals surface area contributed by atoms with Crippen molar-refractivity contribution in [1.29, 1.82) is 0 Å². The van der Waals surface area contributed by atoms with Crippen LogP contribution >= 0.6 is 0 Å². The van der Waals surface area contributed by atoms with E-state index in [9.17, 15) is 4.39 Å². The molecule has 0 amide bonds. The second-order valence-corrected chi connectivity index (χ2v) is 5.42. The third-order valence-electron chi connectivity index (χ3n) is 3.18. The minimum Gasteiger partial charge on any atom is -0.384 e. The second kappa shape index (κ2) is 5.03. The molecule has 4 heteroatoms. The SMILES string of the molecule is Cc1ccc(F)c(-c2nn(C)c(N)c2CC(C)C)c1. The summed E-state index contributed by atoms with van der Waals surface area (Å²) in [6, 6.07) is 5.06. The van der Waals surface area contributed by atoms with Gasteiger partial charge < -0.3 is 5.73 Å². The first-order valence-corrected chi connectivity index (χ1v) is 6.48. The first-order chi connectivity index (χ1) is 8.90. The zero-order valence-corrected chi connectivity index (χ0v) is 11.9. The number of hydrogen-bond acceptors (Lipinski definition) is 2. The minimum absolute atomic E-state index is 0.256. The van der Waals surface area contributed by atoms with Gasteiger partial charge in [0.1, 0.15) is 17.3 Å². The predicted octanol–water partition coefficient (Wildman–Crippen LogP) is 3.32. The van der Waals surface area contributed by atoms with Gasteiger partial charge in [-0.1, -0.05) is 25.5 Å². The first kappa shape index (κ1) is 13.6. The van der Waals surface area contributed by atoms with Crippen molar-refractivity contribution in [2.75, 3.05) is 5.73 Å². The Bertz CT molecular complexity index is 600. The fourth-order valence-electron chi connectivity index (χ4n) is 2.23. The summed E-state index contributed by atoms with van der Waals surface area (Å²) in [5, 5.41) is 4.39. The standard InChI is InChI=1S/C15H20FN3/c1-9(2)7-12-14(18-19(4)15(12)17)11-8-10(3)5-6-13(11)16/h5-6,8-9H,7,17H2,1-4H3. The van der Waals surface area contributed by atoms with Crippen molar-refractivity contribution in [3.63, 3.8) is 0 Å². The molecule has 1 heterocycles. The Labute approximate surface area is 113 Å². The van der Waals surface area contributed by atoms with E-state index in [0.717, 1.165) is 17.5 Å². The molecule has 0 aliphatic heterocycles. The van der Waals surface area contributed by atoms with E-state index in [1.165, 1.54) is 6.07 Å². The van der Waals surface area contributed by atoms with Crippen LogP contribution in [0.25, 0.3) is 11.3 Å². The molecule has 0 fully saturated rings. The maximum atomic E-state index is 14.0. The number of nitrogens with two attached hydrogens (primary N) is 1. The lowest BCUT2D eigenvalue weighted by molar-refractivity contribution is 0.627. The first-order valence-electron chi connectivity index (χ1n) is 6.48. The summed E-state index contributed by atoms with van der Waals surface area (Å²) in [4.78, 5) is 0. The maximum absolute atomic E-state index is 14.0. The topological polar surface area (TPSA) is 43.8 Å². The number of nitrogen functional groups attached to an aromatic ring is 1. The van der Waals surface area contributed by atoms with Gasteiger partial charge in [0, 0.05) is 18.2 Å². The molecule has 0 bridgehead atoms. The van der Waals surface area contributed by atoms with E-state index in [4.69, 9.17) is 5.73 Å². The molecule has 2 rings (SSSR count). The highest BCUT2D eigenvalue weighted by molar-refractivity contribution is 5.69. The monoisotopic (exact) mass is 261 g/mol. The van der Waals surface area contributed by atoms with Gasteiger partial charge in [0.25, 0.3) is 0 Å². The minimum atomic E-state index is -0.256. The Morgan fingerprint density at radius 3 is 2.68 bits per heavy atom. The van der Waals surface area contributed by atoms with Gasteiger partial charge in [-0.05, 0) is 31.4 Å². The highest BCUT2D eigenvalue weighted by Gasteiger charge is 2.19. The molecule has 0 aliphatic rings. The van der Waals surface area contributed by atoms with E-state index in [0.29, 0.717) is 23.0 Å². The summed E-state index contributed by atoms with van der Waals surface area (Å²) < 4.78 is 15.6. The molecule has 3 nitrogen and oxygen atoms in total. The summed E-state index contributed by atoms with van der Waals surface area (Å²) >= 11 is 0. The molecule has 0 saturated heterocycles. The fraction of sp³-hybridized carbons (Fsp3) is 0.400. The molecule has 0 saturated carbocycles. The largest absolute Gasteiger partial charge is 0.384 e. The van der Waals surface area contributed by atoms with Crippen LogP contribution in [-0.4, -0.2) is 9.78 Å². The fourth-order valence-corrected chi connectivity index (χ4v) is 2.23. The van der Waals surface area contributed by atoms with Crippen LogP contribution in [0.3, 0.4) is 0 Å². The zero-order chi connectivity index (χ0) is 14.2. The molecule has 2 N–H and O–H groups in total. The number of anilines is 1. The van der Waals surface area contributed by atoms with Crippen LogP contribution in [0.15, 0.2) is 18.2 Å². The van der Waals surface area contributed by atoms with Gasteiger partial charge in [-0.3, -0.25) is 4.68 Å². The number of halogens is 1. The molecule has 0 unspecified atom stereocenters. The van der Waals surface area contributed by atoms with Gasteiger partial charge in [-0.2, -0.15) is 5.10 Å². The van der Waals surface area contributed by atoms with Crippen molar-refractivity contribution in [3.8, 4) is 11.3 Å². The average Bonchev–Trinajstić information content (AvgIpc) is 2.60. The number of nitrogens with zero attached hydrogens (tertiary/aromatic N) is 2. The van der Waals surface area contributed by atoms with Crippen molar-refractivity contribution in [3.05, 3.63) is 35.1 Å². The molecular formula is C15H20FN3. The van der Waals surface area contributed by atoms with Gasteiger partial charge >= 0.3 is 0 Å². The van der Waals surface area contributed by atoms with Gasteiger partial charge in [0.15, 0.2) is 0 Å². The summed E-state index contributed by atoms with van der Waals surface area (Å²) in [7, 11) is 1.79. The van der Waals surface area contributed by atoms with Crippen molar-refractivity contribution in [2.24, 2.45) is 13.0 Å². The highest BCUT2D eigenvalue weighted by atomic mass is 19.1. The van der Waals surface area contributed by atoms with E-state index in [2.05, 4.69) is 18.9 Å². The van der Waals surface area contributed by atoms with Crippen LogP contribution in [0.5, 0.6) is 0 Å². The van der Waals surface area contributed by atoms with Crippen LogP contribution in [0, 0.1) is 18.7 Å². The highest BCUT2D eigenvalue weighted by Crippen LogP contribution is 2.31. The van der Waals surface area contributed by atoms with Crippen molar-refractivity contribution >= 4 is 5.82 Å². The van der Waals surface area contributed by atoms with Crippen LogP contribution in [-0.2, 0) is 13.5 Å². The summed E-state index contributed by atoms with van der Waals surface area (Å²) in [5.41, 5.74) is 9.19. The van der Waals surface area contributed by atoms with E-state index in [-0.39, 0.29) is 5.82 Å². The molecule has 1 aromatic heterocycles. The summed E-state index contributed by atoms with van der Waals surface area (Å²) in [6.07, 6.45) is 0.794. The molecular weight excluding hydrogens is 241 g/mol. The zero-order valence-electron chi connectivity index (χ0n) is 11.9. The number of rotatable bonds is 3. The van der Waals surface area contributed by atoms with Gasteiger partial charge in [-0.15, -0.1) is 0 Å². The molecule has 0 radical (unpaired) electrons. The Balaban J connectivity index is 2.61. The van der Waals surface area contributed by atoms with Crippen LogP contribution in [0.1, 0.15) is 25.0 Å². The molecule has 0 atom stereocenters. The van der Waals surface area contributed by atoms with Gasteiger partial charge in [0.05, 0.1) is 0 Å². The van der Waals surface area contributed by atoms with Crippen LogP contribution in [0.2, 0.25) is 0 Å². The lowest BCUT2D eigenvalue weighted by Gasteiger charge is -2.08. The van der Waals surface area contributed by atoms with E-state index in [1.807, 2.05) is 13.0 Å². The van der Waals surface area contributed by atoms with Crippen LogP contribution < -0.4 is 5.73 Å². The van der Waals surface area contributed by atoms with Crippen LogP contribution in [0.4, 0.5) is 10.2 Å². The number of benzene rings is 1. The molecule has 1 aromatic carbocycles. The van der Waals surface area contributed by atoms with Gasteiger partial charge in [0.2, 0.25) is 0 Å². The van der Waals surface area contributed by atoms with Crippen molar-refractivity contribution in [2.45, 2.75) is 27.2 Å². The third-order valence-corrected chi connectivity index (χ3v) is 3.18. The average molecular weight is 261 g/mol. The molecule has 102 valence electrons. The molecule has 0 aliphatic carbocycles. The van der Waals surface area contributed by atoms with E-state index in [1.54, 1.807) is 17.8 Å². The quantitative estimate of drug-likeness (QED) is 0.921. The van der Waals surface area contributed by atoms with E-state index >= 15 is 0 Å². The van der Waals surface area contributed by atoms with Crippen molar-refractivity contribution in [1.82, 2.24) is 9.78 Å². The third kappa shape index (κ3) is 2.62. The summed E-state index contributed by atoms with van der Waals surface area (Å²) in [6.45, 7) is 6.17. The Morgan fingerprint density at radius 2 is 2.05 bits per heavy atom. The Kier molecular flexibility index (Phi) is 3.60. The second-order valence-electron chi connectivity index (χ2n) is 5.42. The lowest BCUT2D eigenvalue weighted by Crippen LogP contribution is -2.02.